The van der Waals surface area contributed by atoms with Crippen LogP contribution in [0.25, 0.3) is 0 Å². The lowest BCUT2D eigenvalue weighted by Crippen LogP contribution is -2.29. The Morgan fingerprint density at radius 1 is 1.28 bits per heavy atom. The van der Waals surface area contributed by atoms with E-state index in [1.54, 1.807) is 0 Å². The van der Waals surface area contributed by atoms with E-state index in [1.165, 1.54) is 30.5 Å². The molecule has 2 heteroatoms. The maximum atomic E-state index is 6.27. The average molecular weight is 246 g/mol. The third-order valence-electron chi connectivity index (χ3n) is 3.92. The maximum absolute atomic E-state index is 6.27. The van der Waals surface area contributed by atoms with Gasteiger partial charge in [0, 0.05) is 12.6 Å². The highest BCUT2D eigenvalue weighted by molar-refractivity contribution is 5.23. The Labute approximate surface area is 111 Å². The Hall–Kier alpha value is -0.860. The molecule has 2 rings (SSSR count). The van der Waals surface area contributed by atoms with Gasteiger partial charge in [0.2, 0.25) is 0 Å². The molecule has 0 amide bonds. The largest absolute Gasteiger partial charge is 0.324 e. The van der Waals surface area contributed by atoms with E-state index in [4.69, 9.17) is 5.73 Å². The molecule has 0 aromatic heterocycles. The molecule has 0 radical (unpaired) electrons. The summed E-state index contributed by atoms with van der Waals surface area (Å²) in [7, 11) is 0. The van der Waals surface area contributed by atoms with E-state index in [9.17, 15) is 0 Å². The Kier molecular flexibility index (Phi) is 4.79. The van der Waals surface area contributed by atoms with Crippen molar-refractivity contribution in [2.24, 2.45) is 11.7 Å². The number of benzene rings is 1. The van der Waals surface area contributed by atoms with E-state index >= 15 is 0 Å². The first-order valence-corrected chi connectivity index (χ1v) is 7.23. The van der Waals surface area contributed by atoms with Crippen LogP contribution in [0, 0.1) is 12.8 Å². The van der Waals surface area contributed by atoms with Gasteiger partial charge in [-0.05, 0) is 50.8 Å². The topological polar surface area (TPSA) is 29.3 Å². The van der Waals surface area contributed by atoms with E-state index in [1.807, 2.05) is 0 Å². The fraction of sp³-hybridized carbons (Fsp3) is 0.625. The SMILES string of the molecule is CCN(CCC(N)c1ccc(C)cc1)CC1CC1. The molecule has 1 unspecified atom stereocenters. The van der Waals surface area contributed by atoms with Gasteiger partial charge in [0.25, 0.3) is 0 Å². The van der Waals surface area contributed by atoms with Crippen LogP contribution in [0.15, 0.2) is 24.3 Å². The van der Waals surface area contributed by atoms with Crippen LogP contribution in [-0.2, 0) is 0 Å². The lowest BCUT2D eigenvalue weighted by Gasteiger charge is -2.22. The normalized spacial score (nSPS) is 17.1. The molecule has 1 aromatic rings. The van der Waals surface area contributed by atoms with Gasteiger partial charge >= 0.3 is 0 Å². The first kappa shape index (κ1) is 13.6. The third kappa shape index (κ3) is 4.11. The molecule has 2 N–H and O–H groups in total. The van der Waals surface area contributed by atoms with Gasteiger partial charge in [-0.15, -0.1) is 0 Å². The monoisotopic (exact) mass is 246 g/mol. The molecule has 1 aromatic carbocycles. The van der Waals surface area contributed by atoms with Crippen LogP contribution < -0.4 is 5.73 Å². The van der Waals surface area contributed by atoms with Crippen LogP contribution in [0.5, 0.6) is 0 Å². The van der Waals surface area contributed by atoms with Gasteiger partial charge in [-0.2, -0.15) is 0 Å². The zero-order valence-electron chi connectivity index (χ0n) is 11.7. The molecule has 1 atom stereocenters. The van der Waals surface area contributed by atoms with Gasteiger partial charge in [-0.1, -0.05) is 36.8 Å². The highest BCUT2D eigenvalue weighted by Crippen LogP contribution is 2.29. The van der Waals surface area contributed by atoms with Gasteiger partial charge < -0.3 is 10.6 Å². The molecule has 18 heavy (non-hydrogen) atoms. The van der Waals surface area contributed by atoms with Crippen molar-refractivity contribution >= 4 is 0 Å². The summed E-state index contributed by atoms with van der Waals surface area (Å²) in [6.07, 6.45) is 3.92. The first-order valence-electron chi connectivity index (χ1n) is 7.23. The smallest absolute Gasteiger partial charge is 0.0307 e. The summed E-state index contributed by atoms with van der Waals surface area (Å²) in [5.41, 5.74) is 8.84. The van der Waals surface area contributed by atoms with Gasteiger partial charge in [0.15, 0.2) is 0 Å². The Balaban J connectivity index is 1.78. The van der Waals surface area contributed by atoms with Crippen molar-refractivity contribution in [1.82, 2.24) is 4.90 Å². The van der Waals surface area contributed by atoms with Crippen molar-refractivity contribution in [3.63, 3.8) is 0 Å². The Morgan fingerprint density at radius 3 is 2.50 bits per heavy atom. The predicted molar refractivity (Wildman–Crippen MR) is 77.6 cm³/mol. The molecule has 0 aliphatic heterocycles. The summed E-state index contributed by atoms with van der Waals surface area (Å²) in [4.78, 5) is 2.55. The highest BCUT2D eigenvalue weighted by atomic mass is 15.1. The average Bonchev–Trinajstić information content (AvgIpc) is 3.18. The molecule has 0 heterocycles. The minimum Gasteiger partial charge on any atom is -0.324 e. The molecule has 1 saturated carbocycles. The Morgan fingerprint density at radius 2 is 1.94 bits per heavy atom. The second-order valence-corrected chi connectivity index (χ2v) is 5.64. The lowest BCUT2D eigenvalue weighted by molar-refractivity contribution is 0.266. The summed E-state index contributed by atoms with van der Waals surface area (Å²) in [5.74, 6) is 0.973. The van der Waals surface area contributed by atoms with Crippen LogP contribution in [0.2, 0.25) is 0 Å². The Bertz CT molecular complexity index is 354. The van der Waals surface area contributed by atoms with Crippen LogP contribution in [0.4, 0.5) is 0 Å². The summed E-state index contributed by atoms with van der Waals surface area (Å²) < 4.78 is 0. The van der Waals surface area contributed by atoms with E-state index in [2.05, 4.69) is 43.0 Å². The van der Waals surface area contributed by atoms with Gasteiger partial charge in [0.1, 0.15) is 0 Å². The van der Waals surface area contributed by atoms with Crippen LogP contribution in [-0.4, -0.2) is 24.5 Å². The molecule has 0 spiro atoms. The van der Waals surface area contributed by atoms with Gasteiger partial charge in [-0.3, -0.25) is 0 Å². The lowest BCUT2D eigenvalue weighted by atomic mass is 10.0. The molecule has 100 valence electrons. The molecule has 0 saturated heterocycles. The first-order chi connectivity index (χ1) is 8.69. The van der Waals surface area contributed by atoms with E-state index in [-0.39, 0.29) is 6.04 Å². The quantitative estimate of drug-likeness (QED) is 0.801. The molecule has 0 bridgehead atoms. The summed E-state index contributed by atoms with van der Waals surface area (Å²) in [6, 6.07) is 8.81. The van der Waals surface area contributed by atoms with E-state index in [0.29, 0.717) is 0 Å². The third-order valence-corrected chi connectivity index (χ3v) is 3.92. The number of nitrogens with two attached hydrogens (primary N) is 1. The second kappa shape index (κ2) is 6.35. The zero-order valence-corrected chi connectivity index (χ0v) is 11.7. The molecular formula is C16H26N2. The number of nitrogens with zero attached hydrogens (tertiary/aromatic N) is 1. The number of aryl methyl sites for hydroxylation is 1. The fourth-order valence-corrected chi connectivity index (χ4v) is 2.35. The molecule has 2 nitrogen and oxygen atoms in total. The number of hydrogen-bond donors (Lipinski definition) is 1. The van der Waals surface area contributed by atoms with Crippen molar-refractivity contribution in [3.8, 4) is 0 Å². The van der Waals surface area contributed by atoms with Gasteiger partial charge in [0.05, 0.1) is 0 Å². The van der Waals surface area contributed by atoms with Crippen LogP contribution in [0.1, 0.15) is 43.4 Å². The minimum atomic E-state index is 0.179. The molecule has 1 fully saturated rings. The summed E-state index contributed by atoms with van der Waals surface area (Å²) in [6.45, 7) is 7.92. The molecule has 1 aliphatic carbocycles. The molecule has 1 aliphatic rings. The molecular weight excluding hydrogens is 220 g/mol. The standard InChI is InChI=1S/C16H26N2/c1-3-18(12-14-6-7-14)11-10-16(17)15-8-4-13(2)5-9-15/h4-5,8-9,14,16H,3,6-7,10-12,17H2,1-2H3. The predicted octanol–water partition coefficient (Wildman–Crippen LogP) is 3.12. The van der Waals surface area contributed by atoms with Crippen LogP contribution >= 0.6 is 0 Å². The highest BCUT2D eigenvalue weighted by Gasteiger charge is 2.23. The van der Waals surface area contributed by atoms with Crippen LogP contribution in [0.3, 0.4) is 0 Å². The zero-order chi connectivity index (χ0) is 13.0. The summed E-state index contributed by atoms with van der Waals surface area (Å²) in [5, 5.41) is 0. The number of hydrogen-bond acceptors (Lipinski definition) is 2. The van der Waals surface area contributed by atoms with Gasteiger partial charge in [-0.25, -0.2) is 0 Å². The number of rotatable bonds is 7. The minimum absolute atomic E-state index is 0.179. The summed E-state index contributed by atoms with van der Waals surface area (Å²) >= 11 is 0. The van der Waals surface area contributed by atoms with Crippen molar-refractivity contribution in [2.75, 3.05) is 19.6 Å². The van der Waals surface area contributed by atoms with E-state index in [0.717, 1.165) is 25.4 Å². The van der Waals surface area contributed by atoms with Crippen molar-refractivity contribution in [1.29, 1.82) is 0 Å². The van der Waals surface area contributed by atoms with E-state index < -0.39 is 0 Å². The van der Waals surface area contributed by atoms with Crippen molar-refractivity contribution in [2.45, 2.75) is 39.2 Å². The fourth-order valence-electron chi connectivity index (χ4n) is 2.35. The van der Waals surface area contributed by atoms with Crippen molar-refractivity contribution in [3.05, 3.63) is 35.4 Å². The maximum Gasteiger partial charge on any atom is 0.0307 e. The van der Waals surface area contributed by atoms with Crippen molar-refractivity contribution < 1.29 is 0 Å². The second-order valence-electron chi connectivity index (χ2n) is 5.64.